The minimum absolute atomic E-state index is 0.282. The first-order chi connectivity index (χ1) is 11.0. The summed E-state index contributed by atoms with van der Waals surface area (Å²) in [4.78, 5) is 12.8. The molecule has 0 radical (unpaired) electrons. The molecule has 9 heteroatoms. The van der Waals surface area contributed by atoms with Gasteiger partial charge in [0.1, 0.15) is 17.5 Å². The van der Waals surface area contributed by atoms with E-state index in [1.54, 1.807) is 20.9 Å². The fraction of sp³-hybridized carbons (Fsp3) is 0.643. The number of aliphatic hydroxyl groups is 2. The third-order valence-electron chi connectivity index (χ3n) is 4.38. The summed E-state index contributed by atoms with van der Waals surface area (Å²) < 4.78 is 21.8. The minimum Gasteiger partial charge on any atom is -0.393 e. The van der Waals surface area contributed by atoms with E-state index in [2.05, 4.69) is 20.3 Å². The van der Waals surface area contributed by atoms with Crippen LogP contribution in [0.1, 0.15) is 25.4 Å². The number of fused-ring (bicyclic) bond motifs is 1. The van der Waals surface area contributed by atoms with E-state index in [-0.39, 0.29) is 6.42 Å². The fourth-order valence-electron chi connectivity index (χ4n) is 2.95. The zero-order valence-corrected chi connectivity index (χ0v) is 13.2. The first-order valence-corrected chi connectivity index (χ1v) is 7.47. The molecule has 0 bridgehead atoms. The molecule has 23 heavy (non-hydrogen) atoms. The Kier molecular flexibility index (Phi) is 3.95. The van der Waals surface area contributed by atoms with E-state index in [1.165, 1.54) is 10.9 Å². The van der Waals surface area contributed by atoms with Gasteiger partial charge in [-0.05, 0) is 13.3 Å². The lowest BCUT2D eigenvalue weighted by Crippen LogP contribution is -2.44. The Morgan fingerprint density at radius 2 is 2.22 bits per heavy atom. The molecule has 0 saturated carbocycles. The third kappa shape index (κ3) is 2.27. The topological polar surface area (TPSA) is 105 Å². The van der Waals surface area contributed by atoms with Crippen LogP contribution in [0, 0.1) is 6.92 Å². The second kappa shape index (κ2) is 5.66. The van der Waals surface area contributed by atoms with Gasteiger partial charge in [-0.1, -0.05) is 6.92 Å². The summed E-state index contributed by atoms with van der Waals surface area (Å²) in [7, 11) is 1.71. The van der Waals surface area contributed by atoms with Crippen molar-refractivity contribution in [2.24, 2.45) is 0 Å². The van der Waals surface area contributed by atoms with Gasteiger partial charge in [0.2, 0.25) is 0 Å². The average Bonchev–Trinajstić information content (AvgIpc) is 3.07. The minimum atomic E-state index is -1.70. The number of aryl methyl sites for hydroxylation is 1. The van der Waals surface area contributed by atoms with Gasteiger partial charge in [-0.15, -0.1) is 0 Å². The predicted molar refractivity (Wildman–Crippen MR) is 80.7 cm³/mol. The number of aromatic nitrogens is 4. The summed E-state index contributed by atoms with van der Waals surface area (Å²) in [6.07, 6.45) is -2.54. The maximum absolute atomic E-state index is 14.6. The van der Waals surface area contributed by atoms with Crippen LogP contribution in [-0.4, -0.2) is 61.3 Å². The summed E-state index contributed by atoms with van der Waals surface area (Å²) in [5.74, 6) is 1.03. The second-order valence-electron chi connectivity index (χ2n) is 5.67. The SMILES string of the molecule is CC[C@]1(CO)O[C@@H](n2cnc3c(NC)nc(C)nc32)[C@H](F)[C@@H]1O. The summed E-state index contributed by atoms with van der Waals surface area (Å²) in [5, 5.41) is 22.6. The standard InChI is InChI=1S/C14H20FN5O3/c1-4-14(5-21)10(22)8(15)13(23-14)20-6-17-9-11(16-3)18-7(2)19-12(9)20/h6,8,10,13,21-22H,4-5H2,1-3H3,(H,16,18,19)/t8-,10+,13-,14-/m1/s1. The van der Waals surface area contributed by atoms with Gasteiger partial charge in [-0.25, -0.2) is 19.3 Å². The van der Waals surface area contributed by atoms with Crippen LogP contribution in [0.5, 0.6) is 0 Å². The molecule has 0 amide bonds. The normalized spacial score (nSPS) is 31.0. The van der Waals surface area contributed by atoms with Crippen LogP contribution in [-0.2, 0) is 4.74 Å². The predicted octanol–water partition coefficient (Wildman–Crippen LogP) is 0.545. The Bertz CT molecular complexity index is 718. The van der Waals surface area contributed by atoms with E-state index in [4.69, 9.17) is 4.74 Å². The molecule has 4 atom stereocenters. The van der Waals surface area contributed by atoms with Crippen LogP contribution in [0.4, 0.5) is 10.2 Å². The first-order valence-electron chi connectivity index (χ1n) is 7.47. The molecule has 126 valence electrons. The quantitative estimate of drug-likeness (QED) is 0.753. The lowest BCUT2D eigenvalue weighted by molar-refractivity contribution is -0.128. The molecular formula is C14H20FN5O3. The molecule has 0 spiro atoms. The van der Waals surface area contributed by atoms with Crippen LogP contribution in [0.2, 0.25) is 0 Å². The summed E-state index contributed by atoms with van der Waals surface area (Å²) >= 11 is 0. The van der Waals surface area contributed by atoms with E-state index >= 15 is 0 Å². The van der Waals surface area contributed by atoms with Gasteiger partial charge in [-0.2, -0.15) is 0 Å². The van der Waals surface area contributed by atoms with Gasteiger partial charge in [-0.3, -0.25) is 4.57 Å². The van der Waals surface area contributed by atoms with Crippen molar-refractivity contribution in [1.82, 2.24) is 19.5 Å². The van der Waals surface area contributed by atoms with Gasteiger partial charge in [0, 0.05) is 7.05 Å². The molecule has 1 aliphatic heterocycles. The van der Waals surface area contributed by atoms with E-state index in [9.17, 15) is 14.6 Å². The number of imidazole rings is 1. The van der Waals surface area contributed by atoms with E-state index in [1.807, 2.05) is 0 Å². The van der Waals surface area contributed by atoms with Gasteiger partial charge < -0.3 is 20.3 Å². The Balaban J connectivity index is 2.09. The zero-order chi connectivity index (χ0) is 16.8. The maximum Gasteiger partial charge on any atom is 0.174 e. The van der Waals surface area contributed by atoms with Crippen molar-refractivity contribution in [1.29, 1.82) is 0 Å². The van der Waals surface area contributed by atoms with Crippen molar-refractivity contribution in [3.63, 3.8) is 0 Å². The number of aliphatic hydroxyl groups excluding tert-OH is 2. The third-order valence-corrected chi connectivity index (χ3v) is 4.38. The molecule has 1 aliphatic rings. The number of halogens is 1. The molecule has 2 aromatic rings. The lowest BCUT2D eigenvalue weighted by atomic mass is 9.94. The van der Waals surface area contributed by atoms with Gasteiger partial charge in [0.25, 0.3) is 0 Å². The smallest absolute Gasteiger partial charge is 0.174 e. The van der Waals surface area contributed by atoms with Crippen LogP contribution in [0.25, 0.3) is 11.2 Å². The molecule has 3 rings (SSSR count). The summed E-state index contributed by atoms with van der Waals surface area (Å²) in [5.41, 5.74) is -0.429. The zero-order valence-electron chi connectivity index (χ0n) is 13.2. The van der Waals surface area contributed by atoms with Crippen molar-refractivity contribution in [3.05, 3.63) is 12.2 Å². The molecule has 3 N–H and O–H groups in total. The number of rotatable bonds is 4. The van der Waals surface area contributed by atoms with Gasteiger partial charge in [0.05, 0.1) is 12.9 Å². The highest BCUT2D eigenvalue weighted by molar-refractivity contribution is 5.82. The highest BCUT2D eigenvalue weighted by atomic mass is 19.1. The highest BCUT2D eigenvalue weighted by Gasteiger charge is 2.55. The molecule has 2 aromatic heterocycles. The van der Waals surface area contributed by atoms with E-state index in [0.717, 1.165) is 0 Å². The Labute approximate surface area is 132 Å². The Morgan fingerprint density at radius 3 is 2.78 bits per heavy atom. The van der Waals surface area contributed by atoms with Crippen LogP contribution >= 0.6 is 0 Å². The summed E-state index contributed by atoms with van der Waals surface area (Å²) in [6.45, 7) is 2.98. The average molecular weight is 325 g/mol. The molecule has 1 fully saturated rings. The number of hydrogen-bond donors (Lipinski definition) is 3. The number of hydrogen-bond acceptors (Lipinski definition) is 7. The summed E-state index contributed by atoms with van der Waals surface area (Å²) in [6, 6.07) is 0. The number of ether oxygens (including phenoxy) is 1. The fourth-order valence-corrected chi connectivity index (χ4v) is 2.95. The molecule has 3 heterocycles. The maximum atomic E-state index is 14.6. The number of alkyl halides is 1. The molecule has 1 saturated heterocycles. The molecule has 0 aromatic carbocycles. The monoisotopic (exact) mass is 325 g/mol. The van der Waals surface area contributed by atoms with Crippen LogP contribution < -0.4 is 5.32 Å². The van der Waals surface area contributed by atoms with Crippen molar-refractivity contribution in [2.45, 2.75) is 44.4 Å². The Morgan fingerprint density at radius 1 is 1.48 bits per heavy atom. The van der Waals surface area contributed by atoms with E-state index < -0.39 is 30.7 Å². The van der Waals surface area contributed by atoms with Crippen molar-refractivity contribution >= 4 is 17.0 Å². The van der Waals surface area contributed by atoms with Gasteiger partial charge in [0.15, 0.2) is 29.4 Å². The molecule has 8 nitrogen and oxygen atoms in total. The second-order valence-corrected chi connectivity index (χ2v) is 5.67. The van der Waals surface area contributed by atoms with Crippen LogP contribution in [0.15, 0.2) is 6.33 Å². The van der Waals surface area contributed by atoms with Crippen molar-refractivity contribution in [3.8, 4) is 0 Å². The number of anilines is 1. The van der Waals surface area contributed by atoms with Crippen molar-refractivity contribution < 1.29 is 19.3 Å². The highest BCUT2D eigenvalue weighted by Crippen LogP contribution is 2.41. The Hall–Kier alpha value is -1.84. The number of nitrogens with one attached hydrogen (secondary N) is 1. The van der Waals surface area contributed by atoms with Gasteiger partial charge >= 0.3 is 0 Å². The first kappa shape index (κ1) is 16.0. The van der Waals surface area contributed by atoms with Crippen LogP contribution in [0.3, 0.4) is 0 Å². The molecular weight excluding hydrogens is 305 g/mol. The molecule has 0 aliphatic carbocycles. The van der Waals surface area contributed by atoms with E-state index in [0.29, 0.717) is 22.8 Å². The number of nitrogens with zero attached hydrogens (tertiary/aromatic N) is 4. The van der Waals surface area contributed by atoms with Crippen molar-refractivity contribution in [2.75, 3.05) is 19.0 Å². The lowest BCUT2D eigenvalue weighted by Gasteiger charge is -2.28. The largest absolute Gasteiger partial charge is 0.393 e. The molecule has 0 unspecified atom stereocenters.